The lowest BCUT2D eigenvalue weighted by atomic mass is 9.59. The largest absolute Gasteiger partial charge is 0.504 e. The summed E-state index contributed by atoms with van der Waals surface area (Å²) in [6.07, 6.45) is 1.31. The van der Waals surface area contributed by atoms with Crippen LogP contribution in [0.25, 0.3) is 0 Å². The first-order valence-electron chi connectivity index (χ1n) is 10.4. The van der Waals surface area contributed by atoms with E-state index in [1.165, 1.54) is 35.7 Å². The number of phenols is 1. The van der Waals surface area contributed by atoms with Crippen molar-refractivity contribution in [3.63, 3.8) is 0 Å². The molecule has 1 aliphatic heterocycles. The van der Waals surface area contributed by atoms with E-state index in [2.05, 4.69) is 0 Å². The van der Waals surface area contributed by atoms with Crippen molar-refractivity contribution in [3.05, 3.63) is 66.4 Å². The summed E-state index contributed by atoms with van der Waals surface area (Å²) in [5.74, 6) is -3.27. The summed E-state index contributed by atoms with van der Waals surface area (Å²) in [4.78, 5) is 48.4. The lowest BCUT2D eigenvalue weighted by Crippen LogP contribution is -2.67. The lowest BCUT2D eigenvalue weighted by Gasteiger charge is -2.54. The third-order valence-electron chi connectivity index (χ3n) is 7.06. The van der Waals surface area contributed by atoms with Gasteiger partial charge in [-0.2, -0.15) is 0 Å². The number of fused-ring (bicyclic) bond motifs is 4. The van der Waals surface area contributed by atoms with Gasteiger partial charge < -0.3 is 9.84 Å². The van der Waals surface area contributed by atoms with E-state index in [4.69, 9.17) is 51.1 Å². The molecule has 0 bridgehead atoms. The zero-order chi connectivity index (χ0) is 25.6. The number of Topliss-reactive ketones (excluding diaryl/α,β-unsaturated/α-hetero) is 2. The maximum atomic E-state index is 13.6. The molecule has 1 saturated carbocycles. The minimum absolute atomic E-state index is 0.0172. The fourth-order valence-electron chi connectivity index (χ4n) is 5.36. The second kappa shape index (κ2) is 7.77. The minimum atomic E-state index is -2.21. The molecular weight excluding hydrogens is 544 g/mol. The van der Waals surface area contributed by atoms with Crippen LogP contribution in [0.1, 0.15) is 23.9 Å². The van der Waals surface area contributed by atoms with Crippen LogP contribution in [0.5, 0.6) is 11.5 Å². The third-order valence-corrected chi connectivity index (χ3v) is 9.31. The fourth-order valence-corrected chi connectivity index (χ4v) is 6.88. The molecule has 2 aliphatic carbocycles. The van der Waals surface area contributed by atoms with E-state index < -0.39 is 54.7 Å². The van der Waals surface area contributed by atoms with Crippen LogP contribution < -0.4 is 16.1 Å². The molecule has 4 atom stereocenters. The molecule has 5 rings (SSSR count). The number of ether oxygens (including phenoxy) is 1. The van der Waals surface area contributed by atoms with Crippen molar-refractivity contribution in [2.75, 3.05) is 7.11 Å². The summed E-state index contributed by atoms with van der Waals surface area (Å²) in [5, 5.41) is 9.90. The van der Waals surface area contributed by atoms with Crippen molar-refractivity contribution in [1.29, 1.82) is 0 Å². The molecule has 1 aromatic carbocycles. The number of ketones is 2. The van der Waals surface area contributed by atoms with Crippen molar-refractivity contribution in [2.45, 2.75) is 34.7 Å². The number of hydrogen-bond donors (Lipinski definition) is 1. The van der Waals surface area contributed by atoms with Gasteiger partial charge in [0.25, 0.3) is 0 Å². The molecule has 35 heavy (non-hydrogen) atoms. The van der Waals surface area contributed by atoms with E-state index >= 15 is 0 Å². The Balaban J connectivity index is 1.88. The minimum Gasteiger partial charge on any atom is -0.504 e. The molecule has 0 amide bonds. The molecule has 2 aromatic rings. The van der Waals surface area contributed by atoms with Crippen LogP contribution >= 0.6 is 46.4 Å². The molecule has 2 heterocycles. The summed E-state index contributed by atoms with van der Waals surface area (Å²) < 4.78 is 8.55. The number of methoxy groups -OCH3 is 1. The van der Waals surface area contributed by atoms with Crippen molar-refractivity contribution in [2.24, 2.45) is 7.05 Å². The zero-order valence-electron chi connectivity index (χ0n) is 18.2. The Bertz CT molecular complexity index is 1520. The van der Waals surface area contributed by atoms with Gasteiger partial charge in [-0.05, 0) is 11.6 Å². The highest BCUT2D eigenvalue weighted by atomic mass is 35.5. The van der Waals surface area contributed by atoms with Crippen LogP contribution in [0.15, 0.2) is 49.5 Å². The molecular formula is C22H17Cl4N3O6. The molecule has 1 aromatic heterocycles. The summed E-state index contributed by atoms with van der Waals surface area (Å²) in [6, 6.07) is 3.62. The van der Waals surface area contributed by atoms with Crippen LogP contribution in [0.2, 0.25) is 0 Å². The van der Waals surface area contributed by atoms with Crippen molar-refractivity contribution < 1.29 is 19.4 Å². The van der Waals surface area contributed by atoms with Gasteiger partial charge in [0.1, 0.15) is 19.8 Å². The Kier molecular flexibility index (Phi) is 5.38. The van der Waals surface area contributed by atoms with E-state index in [-0.39, 0.29) is 30.0 Å². The number of aromatic hydroxyl groups is 1. The quantitative estimate of drug-likeness (QED) is 0.446. The topological polar surface area (TPSA) is 113 Å². The Morgan fingerprint density at radius 1 is 1.06 bits per heavy atom. The van der Waals surface area contributed by atoms with Gasteiger partial charge in [0.2, 0.25) is 0 Å². The molecule has 9 nitrogen and oxygen atoms in total. The van der Waals surface area contributed by atoms with Gasteiger partial charge >= 0.3 is 11.4 Å². The number of benzene rings is 1. The monoisotopic (exact) mass is 559 g/mol. The van der Waals surface area contributed by atoms with E-state index in [0.29, 0.717) is 5.57 Å². The van der Waals surface area contributed by atoms with Crippen LogP contribution in [-0.4, -0.2) is 47.5 Å². The summed E-state index contributed by atoms with van der Waals surface area (Å²) in [5.41, 5.74) is -0.667. The Hall–Kier alpha value is -2.46. The molecule has 13 heteroatoms. The first-order valence-corrected chi connectivity index (χ1v) is 11.9. The molecule has 184 valence electrons. The summed E-state index contributed by atoms with van der Waals surface area (Å²) >= 11 is 26.3. The first-order chi connectivity index (χ1) is 16.4. The van der Waals surface area contributed by atoms with Crippen LogP contribution in [0.4, 0.5) is 0 Å². The molecule has 0 spiro atoms. The Morgan fingerprint density at radius 2 is 1.71 bits per heavy atom. The van der Waals surface area contributed by atoms with E-state index in [1.807, 2.05) is 0 Å². The van der Waals surface area contributed by atoms with Crippen LogP contribution in [0, 0.1) is 0 Å². The number of carbonyl (C=O) groups excluding carboxylic acids is 2. The normalized spacial score (nSPS) is 29.9. The van der Waals surface area contributed by atoms with Gasteiger partial charge in [0.15, 0.2) is 23.1 Å². The van der Waals surface area contributed by atoms with Gasteiger partial charge in [-0.3, -0.25) is 9.59 Å². The van der Waals surface area contributed by atoms with E-state index in [1.54, 1.807) is 12.1 Å². The highest BCUT2D eigenvalue weighted by Crippen LogP contribution is 2.64. The number of alkyl halides is 2. The second-order valence-electron chi connectivity index (χ2n) is 8.61. The average molecular weight is 561 g/mol. The highest BCUT2D eigenvalue weighted by molar-refractivity contribution is 6.66. The number of allylic oxidation sites excluding steroid dienone is 4. The smallest absolute Gasteiger partial charge is 0.347 e. The maximum absolute atomic E-state index is 13.6. The van der Waals surface area contributed by atoms with Crippen LogP contribution in [0.3, 0.4) is 0 Å². The molecule has 1 fully saturated rings. The van der Waals surface area contributed by atoms with Gasteiger partial charge in [-0.1, -0.05) is 41.4 Å². The van der Waals surface area contributed by atoms with Crippen molar-refractivity contribution in [1.82, 2.24) is 13.9 Å². The number of rotatable bonds is 2. The van der Waals surface area contributed by atoms with Crippen LogP contribution in [-0.2, 0) is 23.2 Å². The van der Waals surface area contributed by atoms with E-state index in [0.717, 1.165) is 4.57 Å². The molecule has 0 radical (unpaired) electrons. The average Bonchev–Trinajstić information content (AvgIpc) is 3.06. The third kappa shape index (κ3) is 2.83. The van der Waals surface area contributed by atoms with Gasteiger partial charge in [0, 0.05) is 24.9 Å². The SMILES string of the molecule is COc1cccc([C@H]2C3=CCn4c(=O)n(C)c(=O)n4[C@@H]3C[C@@]3(Cl)C(=O)C(Cl)=C(Cl)C(=O)[C@@]23Cl)c1O. The number of carbonyl (C=O) groups is 2. The standard InChI is InChI=1S/C22H17Cl4N3O6/c1-27-19(33)28-7-6-9-11(29(28)20(27)34)8-21(25)17(31)14(23)15(24)18(32)22(21,26)13(9)10-4-3-5-12(35-2)16(10)30/h3-6,11,13,30H,7-8H2,1-2H3/t11-,13-,21-,22+/m1/s1. The first kappa shape index (κ1) is 24.2. The summed E-state index contributed by atoms with van der Waals surface area (Å²) in [6.45, 7) is -0.0172. The zero-order valence-corrected chi connectivity index (χ0v) is 21.2. The van der Waals surface area contributed by atoms with E-state index in [9.17, 15) is 24.3 Å². The maximum Gasteiger partial charge on any atom is 0.347 e. The second-order valence-corrected chi connectivity index (χ2v) is 10.6. The highest BCUT2D eigenvalue weighted by Gasteiger charge is 2.71. The number of hydrogen-bond acceptors (Lipinski definition) is 6. The summed E-state index contributed by atoms with van der Waals surface area (Å²) in [7, 11) is 2.68. The molecule has 1 N–H and O–H groups in total. The van der Waals surface area contributed by atoms with Crippen molar-refractivity contribution in [3.8, 4) is 11.5 Å². The number of nitrogens with zero attached hydrogens (tertiary/aromatic N) is 3. The fraction of sp³-hybridized carbons (Fsp3) is 0.364. The Labute approximate surface area is 217 Å². The van der Waals surface area contributed by atoms with Crippen molar-refractivity contribution >= 4 is 58.0 Å². The number of halogens is 4. The lowest BCUT2D eigenvalue weighted by molar-refractivity contribution is -0.128. The predicted molar refractivity (Wildman–Crippen MR) is 129 cm³/mol. The number of aromatic nitrogens is 3. The predicted octanol–water partition coefficient (Wildman–Crippen LogP) is 2.53. The molecule has 0 saturated heterocycles. The van der Waals surface area contributed by atoms with Gasteiger partial charge in [-0.15, -0.1) is 23.2 Å². The number of para-hydroxylation sites is 1. The Morgan fingerprint density at radius 3 is 2.37 bits per heavy atom. The van der Waals surface area contributed by atoms with Gasteiger partial charge in [-0.25, -0.2) is 23.5 Å². The van der Waals surface area contributed by atoms with Gasteiger partial charge in [0.05, 0.1) is 19.7 Å². The molecule has 0 unspecified atom stereocenters. The number of phenolic OH excluding ortho intramolecular Hbond substituents is 1. The molecule has 3 aliphatic rings.